The van der Waals surface area contributed by atoms with Crippen LogP contribution in [0.1, 0.15) is 17.0 Å². The molecule has 2 aromatic rings. The van der Waals surface area contributed by atoms with Crippen molar-refractivity contribution in [3.8, 4) is 0 Å². The monoisotopic (exact) mass is 298 g/mol. The highest BCUT2D eigenvalue weighted by Gasteiger charge is 2.14. The zero-order chi connectivity index (χ0) is 15.4. The third kappa shape index (κ3) is 3.36. The lowest BCUT2D eigenvalue weighted by molar-refractivity contribution is 0.122. The van der Waals surface area contributed by atoms with Crippen molar-refractivity contribution in [1.29, 1.82) is 0 Å². The second kappa shape index (κ2) is 6.75. The van der Waals surface area contributed by atoms with Gasteiger partial charge in [-0.1, -0.05) is 18.2 Å². The van der Waals surface area contributed by atoms with Crippen LogP contribution in [0, 0.1) is 13.8 Å². The molecule has 116 valence electrons. The Balaban J connectivity index is 1.76. The number of aromatic nitrogens is 2. The maximum atomic E-state index is 5.44. The molecule has 1 aromatic heterocycles. The predicted molar refractivity (Wildman–Crippen MR) is 88.3 cm³/mol. The Bertz CT molecular complexity index is 638. The first-order valence-corrected chi connectivity index (χ1v) is 7.69. The van der Waals surface area contributed by atoms with Gasteiger partial charge in [0.1, 0.15) is 5.82 Å². The van der Waals surface area contributed by atoms with Crippen molar-refractivity contribution in [2.24, 2.45) is 0 Å². The standard InChI is InChI=1S/C17H22N4O/c1-13-11-18-14(2)17(20-13)19-12-15-5-3-4-6-16(15)21-7-9-22-10-8-21/h3-6,11H,7-10,12H2,1-2H3,(H,19,20). The number of aryl methyl sites for hydroxylation is 2. The number of rotatable bonds is 4. The van der Waals surface area contributed by atoms with Gasteiger partial charge in [-0.25, -0.2) is 4.98 Å². The number of nitrogens with zero attached hydrogens (tertiary/aromatic N) is 3. The van der Waals surface area contributed by atoms with Gasteiger partial charge in [0.05, 0.1) is 24.6 Å². The summed E-state index contributed by atoms with van der Waals surface area (Å²) in [6, 6.07) is 8.51. The topological polar surface area (TPSA) is 50.3 Å². The van der Waals surface area contributed by atoms with Crippen molar-refractivity contribution in [3.63, 3.8) is 0 Å². The molecular weight excluding hydrogens is 276 g/mol. The average molecular weight is 298 g/mol. The number of benzene rings is 1. The van der Waals surface area contributed by atoms with Gasteiger partial charge in [-0.2, -0.15) is 0 Å². The zero-order valence-corrected chi connectivity index (χ0v) is 13.2. The number of nitrogens with one attached hydrogen (secondary N) is 1. The lowest BCUT2D eigenvalue weighted by Gasteiger charge is -2.30. The molecular formula is C17H22N4O. The smallest absolute Gasteiger partial charge is 0.148 e. The van der Waals surface area contributed by atoms with Crippen molar-refractivity contribution >= 4 is 11.5 Å². The Morgan fingerprint density at radius 1 is 1.18 bits per heavy atom. The largest absolute Gasteiger partial charge is 0.378 e. The summed E-state index contributed by atoms with van der Waals surface area (Å²) in [7, 11) is 0. The molecule has 1 N–H and O–H groups in total. The van der Waals surface area contributed by atoms with Crippen LogP contribution in [0.2, 0.25) is 0 Å². The van der Waals surface area contributed by atoms with E-state index in [9.17, 15) is 0 Å². The van der Waals surface area contributed by atoms with E-state index in [4.69, 9.17) is 4.74 Å². The molecule has 1 aliphatic heterocycles. The Hall–Kier alpha value is -2.14. The van der Waals surface area contributed by atoms with Crippen LogP contribution in [0.4, 0.5) is 11.5 Å². The molecule has 5 heteroatoms. The Morgan fingerprint density at radius 2 is 1.95 bits per heavy atom. The first-order valence-electron chi connectivity index (χ1n) is 7.69. The van der Waals surface area contributed by atoms with Crippen LogP contribution in [0.3, 0.4) is 0 Å². The lowest BCUT2D eigenvalue weighted by atomic mass is 10.1. The second-order valence-electron chi connectivity index (χ2n) is 5.53. The maximum absolute atomic E-state index is 5.44. The number of morpholine rings is 1. The van der Waals surface area contributed by atoms with Crippen molar-refractivity contribution in [1.82, 2.24) is 9.97 Å². The van der Waals surface area contributed by atoms with Crippen molar-refractivity contribution < 1.29 is 4.74 Å². The number of anilines is 2. The first kappa shape index (κ1) is 14.8. The molecule has 3 rings (SSSR count). The molecule has 1 saturated heterocycles. The van der Waals surface area contributed by atoms with E-state index in [0.29, 0.717) is 0 Å². The molecule has 1 fully saturated rings. The minimum Gasteiger partial charge on any atom is -0.378 e. The number of hydrogen-bond acceptors (Lipinski definition) is 5. The van der Waals surface area contributed by atoms with Crippen LogP contribution in [0.5, 0.6) is 0 Å². The summed E-state index contributed by atoms with van der Waals surface area (Å²) >= 11 is 0. The molecule has 0 amide bonds. The van der Waals surface area contributed by atoms with Crippen LogP contribution in [-0.4, -0.2) is 36.3 Å². The molecule has 0 radical (unpaired) electrons. The van der Waals surface area contributed by atoms with Gasteiger partial charge in [-0.05, 0) is 25.5 Å². The minimum absolute atomic E-state index is 0.743. The molecule has 0 bridgehead atoms. The van der Waals surface area contributed by atoms with Crippen LogP contribution in [-0.2, 0) is 11.3 Å². The van der Waals surface area contributed by atoms with Crippen molar-refractivity contribution in [2.75, 3.05) is 36.5 Å². The third-order valence-corrected chi connectivity index (χ3v) is 3.87. The van der Waals surface area contributed by atoms with Crippen LogP contribution < -0.4 is 10.2 Å². The fourth-order valence-electron chi connectivity index (χ4n) is 2.66. The van der Waals surface area contributed by atoms with Gasteiger partial charge in [-0.15, -0.1) is 0 Å². The molecule has 0 saturated carbocycles. The summed E-state index contributed by atoms with van der Waals surface area (Å²) in [4.78, 5) is 11.3. The van der Waals surface area contributed by atoms with Crippen molar-refractivity contribution in [2.45, 2.75) is 20.4 Å². The number of hydrogen-bond donors (Lipinski definition) is 1. The molecule has 2 heterocycles. The lowest BCUT2D eigenvalue weighted by Crippen LogP contribution is -2.36. The summed E-state index contributed by atoms with van der Waals surface area (Å²) in [6.07, 6.45) is 1.79. The number of para-hydroxylation sites is 1. The molecule has 22 heavy (non-hydrogen) atoms. The van der Waals surface area contributed by atoms with E-state index in [2.05, 4.69) is 44.5 Å². The van der Waals surface area contributed by atoms with E-state index >= 15 is 0 Å². The van der Waals surface area contributed by atoms with Crippen LogP contribution in [0.25, 0.3) is 0 Å². The van der Waals surface area contributed by atoms with Gasteiger partial charge in [0.25, 0.3) is 0 Å². The molecule has 1 aromatic carbocycles. The summed E-state index contributed by atoms with van der Waals surface area (Å²) in [6.45, 7) is 8.16. The predicted octanol–water partition coefficient (Wildman–Crippen LogP) is 2.54. The summed E-state index contributed by atoms with van der Waals surface area (Å²) in [5.74, 6) is 0.858. The molecule has 1 aliphatic rings. The highest BCUT2D eigenvalue weighted by Crippen LogP contribution is 2.22. The Morgan fingerprint density at radius 3 is 2.77 bits per heavy atom. The van der Waals surface area contributed by atoms with Gasteiger partial charge in [0.2, 0.25) is 0 Å². The Labute approximate surface area is 131 Å². The van der Waals surface area contributed by atoms with Crippen molar-refractivity contribution in [3.05, 3.63) is 47.4 Å². The quantitative estimate of drug-likeness (QED) is 0.940. The minimum atomic E-state index is 0.743. The van der Waals surface area contributed by atoms with Gasteiger partial charge in [0, 0.05) is 31.5 Å². The van der Waals surface area contributed by atoms with E-state index in [-0.39, 0.29) is 0 Å². The van der Waals surface area contributed by atoms with E-state index in [1.165, 1.54) is 11.3 Å². The van der Waals surface area contributed by atoms with E-state index in [0.717, 1.165) is 50.1 Å². The fraction of sp³-hybridized carbons (Fsp3) is 0.412. The number of ether oxygens (including phenoxy) is 1. The van der Waals surface area contributed by atoms with Gasteiger partial charge < -0.3 is 15.0 Å². The third-order valence-electron chi connectivity index (χ3n) is 3.87. The van der Waals surface area contributed by atoms with Gasteiger partial charge in [-0.3, -0.25) is 4.98 Å². The molecule has 0 spiro atoms. The van der Waals surface area contributed by atoms with E-state index < -0.39 is 0 Å². The van der Waals surface area contributed by atoms with E-state index in [1.54, 1.807) is 6.20 Å². The van der Waals surface area contributed by atoms with Gasteiger partial charge in [0.15, 0.2) is 0 Å². The second-order valence-corrected chi connectivity index (χ2v) is 5.53. The van der Waals surface area contributed by atoms with Crippen LogP contribution >= 0.6 is 0 Å². The zero-order valence-electron chi connectivity index (χ0n) is 13.2. The molecule has 5 nitrogen and oxygen atoms in total. The highest BCUT2D eigenvalue weighted by molar-refractivity contribution is 5.55. The van der Waals surface area contributed by atoms with E-state index in [1.807, 2.05) is 13.8 Å². The summed E-state index contributed by atoms with van der Waals surface area (Å²) < 4.78 is 5.44. The SMILES string of the molecule is Cc1cnc(C)c(NCc2ccccc2N2CCOCC2)n1. The molecule has 0 atom stereocenters. The summed E-state index contributed by atoms with van der Waals surface area (Å²) in [5.41, 5.74) is 4.40. The normalized spacial score (nSPS) is 14.9. The van der Waals surface area contributed by atoms with Crippen LogP contribution in [0.15, 0.2) is 30.5 Å². The average Bonchev–Trinajstić information content (AvgIpc) is 2.57. The highest BCUT2D eigenvalue weighted by atomic mass is 16.5. The molecule has 0 unspecified atom stereocenters. The fourth-order valence-corrected chi connectivity index (χ4v) is 2.66. The molecule has 0 aliphatic carbocycles. The summed E-state index contributed by atoms with van der Waals surface area (Å²) in [5, 5.41) is 3.42. The maximum Gasteiger partial charge on any atom is 0.148 e. The first-order chi connectivity index (χ1) is 10.7. The Kier molecular flexibility index (Phi) is 4.53. The van der Waals surface area contributed by atoms with Gasteiger partial charge >= 0.3 is 0 Å².